The summed E-state index contributed by atoms with van der Waals surface area (Å²) in [6.45, 7) is 1.22. The summed E-state index contributed by atoms with van der Waals surface area (Å²) >= 11 is 6.03. The minimum absolute atomic E-state index is 0.0738. The molecule has 0 fully saturated rings. The highest BCUT2D eigenvalue weighted by Gasteiger charge is 2.04. The number of unbranched alkanes of at least 4 members (excludes halogenated alkanes) is 3. The number of carbonyl (C=O) groups excluding carboxylic acids is 1. The topological polar surface area (TPSA) is 64.3 Å². The lowest BCUT2D eigenvalue weighted by Crippen LogP contribution is -2.22. The van der Waals surface area contributed by atoms with Gasteiger partial charge in [0.25, 0.3) is 0 Å². The summed E-state index contributed by atoms with van der Waals surface area (Å²) in [5.74, 6) is 0.714. The molecule has 0 aliphatic rings. The van der Waals surface area contributed by atoms with Gasteiger partial charge in [0.05, 0.1) is 12.1 Å². The largest absolute Gasteiger partial charge is 0.495 e. The Labute approximate surface area is 125 Å². The van der Waals surface area contributed by atoms with Crippen LogP contribution in [0.3, 0.4) is 0 Å². The number of nitrogens with two attached hydrogens (primary N) is 1. The van der Waals surface area contributed by atoms with Crippen LogP contribution in [-0.4, -0.2) is 19.6 Å². The Morgan fingerprint density at radius 2 is 2.05 bits per heavy atom. The minimum Gasteiger partial charge on any atom is -0.495 e. The van der Waals surface area contributed by atoms with E-state index in [1.54, 1.807) is 13.2 Å². The maximum atomic E-state index is 11.7. The number of methoxy groups -OCH3 is 1. The van der Waals surface area contributed by atoms with E-state index in [1.165, 1.54) is 0 Å². The first-order valence-corrected chi connectivity index (χ1v) is 7.34. The Balaban J connectivity index is 2.25. The van der Waals surface area contributed by atoms with Crippen molar-refractivity contribution in [1.29, 1.82) is 0 Å². The van der Waals surface area contributed by atoms with E-state index in [0.717, 1.165) is 37.8 Å². The summed E-state index contributed by atoms with van der Waals surface area (Å²) < 4.78 is 5.08. The Morgan fingerprint density at radius 1 is 1.30 bits per heavy atom. The average molecular weight is 299 g/mol. The van der Waals surface area contributed by atoms with Gasteiger partial charge < -0.3 is 15.8 Å². The van der Waals surface area contributed by atoms with Crippen LogP contribution < -0.4 is 15.8 Å². The van der Waals surface area contributed by atoms with Crippen LogP contribution in [0.2, 0.25) is 5.02 Å². The van der Waals surface area contributed by atoms with Gasteiger partial charge in [-0.05, 0) is 37.1 Å². The molecule has 1 aromatic carbocycles. The van der Waals surface area contributed by atoms with Crippen molar-refractivity contribution in [1.82, 2.24) is 5.32 Å². The zero-order valence-corrected chi connectivity index (χ0v) is 12.7. The third-order valence-electron chi connectivity index (χ3n) is 3.06. The average Bonchev–Trinajstić information content (AvgIpc) is 2.45. The number of ether oxygens (including phenoxy) is 1. The third kappa shape index (κ3) is 6.26. The van der Waals surface area contributed by atoms with Gasteiger partial charge in [0.15, 0.2) is 0 Å². The van der Waals surface area contributed by atoms with E-state index in [9.17, 15) is 4.79 Å². The molecule has 0 atom stereocenters. The second-order valence-electron chi connectivity index (χ2n) is 4.70. The van der Waals surface area contributed by atoms with Crippen molar-refractivity contribution >= 4 is 17.5 Å². The third-order valence-corrected chi connectivity index (χ3v) is 3.36. The lowest BCUT2D eigenvalue weighted by atomic mass is 10.1. The predicted molar refractivity (Wildman–Crippen MR) is 82.0 cm³/mol. The van der Waals surface area contributed by atoms with Crippen molar-refractivity contribution in [2.45, 2.75) is 38.6 Å². The van der Waals surface area contributed by atoms with Gasteiger partial charge in [-0.15, -0.1) is 0 Å². The molecule has 112 valence electrons. The van der Waals surface area contributed by atoms with Crippen LogP contribution in [-0.2, 0) is 11.3 Å². The summed E-state index contributed by atoms with van der Waals surface area (Å²) in [6.07, 6.45) is 4.66. The molecule has 0 radical (unpaired) electrons. The molecule has 0 aromatic heterocycles. The van der Waals surface area contributed by atoms with Gasteiger partial charge in [-0.25, -0.2) is 0 Å². The molecule has 5 heteroatoms. The van der Waals surface area contributed by atoms with E-state index in [2.05, 4.69) is 5.32 Å². The summed E-state index contributed by atoms with van der Waals surface area (Å²) in [5, 5.41) is 3.45. The fraction of sp³-hybridized carbons (Fsp3) is 0.533. The minimum atomic E-state index is 0.0738. The Bertz CT molecular complexity index is 424. The maximum absolute atomic E-state index is 11.7. The van der Waals surface area contributed by atoms with E-state index in [1.807, 2.05) is 12.1 Å². The fourth-order valence-electron chi connectivity index (χ4n) is 1.89. The molecule has 0 aliphatic carbocycles. The lowest BCUT2D eigenvalue weighted by molar-refractivity contribution is -0.121. The molecule has 0 unspecified atom stereocenters. The molecule has 1 aromatic rings. The van der Waals surface area contributed by atoms with Crippen LogP contribution in [0.5, 0.6) is 5.75 Å². The maximum Gasteiger partial charge on any atom is 0.220 e. The number of hydrogen-bond donors (Lipinski definition) is 2. The molecule has 0 heterocycles. The van der Waals surface area contributed by atoms with Gasteiger partial charge in [-0.3, -0.25) is 4.79 Å². The second-order valence-corrected chi connectivity index (χ2v) is 5.11. The molecule has 20 heavy (non-hydrogen) atoms. The monoisotopic (exact) mass is 298 g/mol. The number of benzene rings is 1. The Kier molecular flexibility index (Phi) is 8.07. The van der Waals surface area contributed by atoms with Gasteiger partial charge in [0, 0.05) is 13.0 Å². The molecule has 3 N–H and O–H groups in total. The molecule has 0 saturated carbocycles. The number of rotatable bonds is 9. The van der Waals surface area contributed by atoms with Crippen molar-refractivity contribution in [2.24, 2.45) is 5.73 Å². The van der Waals surface area contributed by atoms with Crippen molar-refractivity contribution in [3.63, 3.8) is 0 Å². The molecule has 0 aliphatic heterocycles. The highest BCUT2D eigenvalue weighted by atomic mass is 35.5. The van der Waals surface area contributed by atoms with Gasteiger partial charge in [0.2, 0.25) is 5.91 Å². The smallest absolute Gasteiger partial charge is 0.220 e. The fourth-order valence-corrected chi connectivity index (χ4v) is 2.17. The number of hydrogen-bond acceptors (Lipinski definition) is 3. The van der Waals surface area contributed by atoms with Crippen molar-refractivity contribution in [3.8, 4) is 5.75 Å². The van der Waals surface area contributed by atoms with E-state index in [4.69, 9.17) is 22.1 Å². The first-order chi connectivity index (χ1) is 9.67. The van der Waals surface area contributed by atoms with Crippen LogP contribution in [0.4, 0.5) is 0 Å². The second kappa shape index (κ2) is 9.61. The highest BCUT2D eigenvalue weighted by Crippen LogP contribution is 2.24. The normalized spacial score (nSPS) is 10.3. The first-order valence-electron chi connectivity index (χ1n) is 6.96. The Morgan fingerprint density at radius 3 is 2.70 bits per heavy atom. The quantitative estimate of drug-likeness (QED) is 0.689. The van der Waals surface area contributed by atoms with Crippen LogP contribution in [0.1, 0.15) is 37.7 Å². The first kappa shape index (κ1) is 16.8. The molecule has 0 spiro atoms. The van der Waals surface area contributed by atoms with Crippen LogP contribution in [0, 0.1) is 0 Å². The molecular weight excluding hydrogens is 276 g/mol. The summed E-state index contributed by atoms with van der Waals surface area (Å²) in [6, 6.07) is 5.50. The van der Waals surface area contributed by atoms with Crippen LogP contribution >= 0.6 is 11.6 Å². The summed E-state index contributed by atoms with van der Waals surface area (Å²) in [4.78, 5) is 11.7. The SMILES string of the molecule is COc1ccc(CNC(=O)CCCCCCN)cc1Cl. The lowest BCUT2D eigenvalue weighted by Gasteiger charge is -2.08. The van der Waals surface area contributed by atoms with E-state index < -0.39 is 0 Å². The van der Waals surface area contributed by atoms with E-state index >= 15 is 0 Å². The van der Waals surface area contributed by atoms with Gasteiger partial charge in [-0.1, -0.05) is 30.5 Å². The molecule has 1 rings (SSSR count). The van der Waals surface area contributed by atoms with Crippen LogP contribution in [0.15, 0.2) is 18.2 Å². The standard InChI is InChI=1S/C15H23ClN2O2/c1-20-14-8-7-12(10-13(14)16)11-18-15(19)6-4-2-3-5-9-17/h7-8,10H,2-6,9,11,17H2,1H3,(H,18,19). The van der Waals surface area contributed by atoms with Crippen molar-refractivity contribution in [2.75, 3.05) is 13.7 Å². The summed E-state index contributed by atoms with van der Waals surface area (Å²) in [5.41, 5.74) is 6.38. The van der Waals surface area contributed by atoms with E-state index in [0.29, 0.717) is 23.7 Å². The zero-order valence-electron chi connectivity index (χ0n) is 12.0. The number of halogens is 1. The molecule has 0 saturated heterocycles. The van der Waals surface area contributed by atoms with Crippen molar-refractivity contribution in [3.05, 3.63) is 28.8 Å². The number of carbonyl (C=O) groups is 1. The Hall–Kier alpha value is -1.26. The predicted octanol–water partition coefficient (Wildman–Crippen LogP) is 2.87. The molecular formula is C15H23ClN2O2. The van der Waals surface area contributed by atoms with Gasteiger partial charge in [-0.2, -0.15) is 0 Å². The van der Waals surface area contributed by atoms with Gasteiger partial charge >= 0.3 is 0 Å². The molecule has 0 bridgehead atoms. The van der Waals surface area contributed by atoms with Crippen LogP contribution in [0.25, 0.3) is 0 Å². The van der Waals surface area contributed by atoms with Crippen molar-refractivity contribution < 1.29 is 9.53 Å². The number of nitrogens with one attached hydrogen (secondary N) is 1. The molecule has 4 nitrogen and oxygen atoms in total. The van der Waals surface area contributed by atoms with E-state index in [-0.39, 0.29) is 5.91 Å². The number of amides is 1. The highest BCUT2D eigenvalue weighted by molar-refractivity contribution is 6.32. The zero-order chi connectivity index (χ0) is 14.8. The van der Waals surface area contributed by atoms with Gasteiger partial charge in [0.1, 0.15) is 5.75 Å². The summed E-state index contributed by atoms with van der Waals surface area (Å²) in [7, 11) is 1.58. The molecule has 1 amide bonds.